The Bertz CT molecular complexity index is 136. The molecule has 0 saturated heterocycles. The van der Waals surface area contributed by atoms with E-state index in [4.69, 9.17) is 5.73 Å². The molecule has 63 valence electrons. The Morgan fingerprint density at radius 3 is 2.30 bits per heavy atom. The van der Waals surface area contributed by atoms with Crippen LogP contribution in [0.1, 0.15) is 6.92 Å². The zero-order valence-corrected chi connectivity index (χ0v) is 6.52. The summed E-state index contributed by atoms with van der Waals surface area (Å²) in [4.78, 5) is 23.1. The van der Waals surface area contributed by atoms with Gasteiger partial charge in [-0.25, -0.2) is 4.84 Å². The smallest absolute Gasteiger partial charge is 0.320 e. The molecule has 0 aliphatic rings. The minimum absolute atomic E-state index is 0. The third-order valence-corrected chi connectivity index (χ3v) is 0.536. The van der Waals surface area contributed by atoms with E-state index in [1.807, 2.05) is 0 Å². The third kappa shape index (κ3) is 5.70. The fourth-order valence-corrected chi connectivity index (χ4v) is 0.157. The molecule has 6 nitrogen and oxygen atoms in total. The van der Waals surface area contributed by atoms with Crippen molar-refractivity contribution in [1.82, 2.24) is 0 Å². The molecule has 0 aromatic rings. The summed E-state index contributed by atoms with van der Waals surface area (Å²) >= 11 is 0. The zero-order valence-electron chi connectivity index (χ0n) is 5.04. The van der Waals surface area contributed by atoms with E-state index in [1.165, 1.54) is 6.92 Å². The first-order valence-electron chi connectivity index (χ1n) is 2.16. The second-order valence-electron chi connectivity index (χ2n) is 1.42. The van der Waals surface area contributed by atoms with Gasteiger partial charge in [-0.15, -0.1) is 10.1 Å². The standard InChI is InChI=1S/C3H6N2O4.Ag/c1-2(4)3(6)9-5(7)8;/h2H,4H2,1H3;/t2-;/m0./s1. The Morgan fingerprint density at radius 2 is 2.20 bits per heavy atom. The van der Waals surface area contributed by atoms with Crippen molar-refractivity contribution < 1.29 is 37.1 Å². The van der Waals surface area contributed by atoms with Gasteiger partial charge in [-0.3, -0.25) is 4.79 Å². The molecule has 0 aromatic carbocycles. The summed E-state index contributed by atoms with van der Waals surface area (Å²) in [5.41, 5.74) is 4.91. The van der Waals surface area contributed by atoms with Gasteiger partial charge in [0.15, 0.2) is 0 Å². The molecule has 2 N–H and O–H groups in total. The molecule has 1 atom stereocenters. The molecular formula is C3H6AgN2O4. The number of nitrogens with zero attached hydrogens (tertiary/aromatic N) is 1. The molecule has 0 aromatic heterocycles. The molecule has 0 bridgehead atoms. The van der Waals surface area contributed by atoms with Crippen molar-refractivity contribution >= 4 is 5.97 Å². The van der Waals surface area contributed by atoms with Crippen LogP contribution in [0.2, 0.25) is 0 Å². The van der Waals surface area contributed by atoms with Crippen molar-refractivity contribution in [3.63, 3.8) is 0 Å². The van der Waals surface area contributed by atoms with E-state index < -0.39 is 17.1 Å². The van der Waals surface area contributed by atoms with Crippen LogP contribution in [-0.4, -0.2) is 17.1 Å². The van der Waals surface area contributed by atoms with Gasteiger partial charge in [-0.1, -0.05) is 0 Å². The quantitative estimate of drug-likeness (QED) is 0.383. The van der Waals surface area contributed by atoms with Crippen LogP contribution in [0, 0.1) is 10.1 Å². The fraction of sp³-hybridized carbons (Fsp3) is 0.667. The summed E-state index contributed by atoms with van der Waals surface area (Å²) in [6.07, 6.45) is 0. The van der Waals surface area contributed by atoms with Gasteiger partial charge in [0.2, 0.25) is 0 Å². The molecule has 0 rings (SSSR count). The van der Waals surface area contributed by atoms with E-state index in [0.29, 0.717) is 0 Å². The maximum absolute atomic E-state index is 10.2. The second-order valence-corrected chi connectivity index (χ2v) is 1.42. The first kappa shape index (κ1) is 12.3. The van der Waals surface area contributed by atoms with E-state index in [9.17, 15) is 14.9 Å². The summed E-state index contributed by atoms with van der Waals surface area (Å²) in [6, 6.07) is -0.949. The van der Waals surface area contributed by atoms with Crippen molar-refractivity contribution in [2.75, 3.05) is 0 Å². The summed E-state index contributed by atoms with van der Waals surface area (Å²) in [5, 5.41) is 8.23. The first-order chi connectivity index (χ1) is 4.04. The Hall–Kier alpha value is -0.430. The van der Waals surface area contributed by atoms with Crippen molar-refractivity contribution in [1.29, 1.82) is 0 Å². The van der Waals surface area contributed by atoms with Crippen molar-refractivity contribution in [3.05, 3.63) is 10.1 Å². The molecule has 0 saturated carbocycles. The SMILES string of the molecule is C[C@H](N)C(=O)O[N+](=O)[O-].[Ag]. The number of carbonyl (C=O) groups is 1. The Morgan fingerprint density at radius 1 is 1.80 bits per heavy atom. The predicted octanol–water partition coefficient (Wildman–Crippen LogP) is -0.934. The number of hydrogen-bond acceptors (Lipinski definition) is 5. The molecular weight excluding hydrogens is 236 g/mol. The summed E-state index contributed by atoms with van der Waals surface area (Å²) in [7, 11) is 0. The van der Waals surface area contributed by atoms with Crippen molar-refractivity contribution in [2.45, 2.75) is 13.0 Å². The topological polar surface area (TPSA) is 95.5 Å². The number of carbonyl (C=O) groups excluding carboxylic acids is 1. The van der Waals surface area contributed by atoms with Gasteiger partial charge in [0.25, 0.3) is 0 Å². The Balaban J connectivity index is 0. The van der Waals surface area contributed by atoms with Crippen LogP contribution < -0.4 is 5.73 Å². The Labute approximate surface area is 72.3 Å². The third-order valence-electron chi connectivity index (χ3n) is 0.536. The monoisotopic (exact) mass is 241 g/mol. The average Bonchev–Trinajstić information content (AvgIpc) is 1.63. The molecule has 7 heteroatoms. The van der Waals surface area contributed by atoms with Gasteiger partial charge < -0.3 is 5.73 Å². The van der Waals surface area contributed by atoms with Crippen LogP contribution in [0.3, 0.4) is 0 Å². The minimum Gasteiger partial charge on any atom is -0.320 e. The van der Waals surface area contributed by atoms with E-state index >= 15 is 0 Å². The van der Waals surface area contributed by atoms with Crippen LogP contribution in [0.15, 0.2) is 0 Å². The van der Waals surface area contributed by atoms with Gasteiger partial charge in [0.05, 0.1) is 6.04 Å². The molecule has 0 heterocycles. The van der Waals surface area contributed by atoms with Crippen LogP contribution in [0.5, 0.6) is 0 Å². The van der Waals surface area contributed by atoms with E-state index in [0.717, 1.165) is 0 Å². The molecule has 0 unspecified atom stereocenters. The maximum Gasteiger partial charge on any atom is 0.320 e. The fourth-order valence-electron chi connectivity index (χ4n) is 0.157. The van der Waals surface area contributed by atoms with Crippen LogP contribution in [0.25, 0.3) is 0 Å². The predicted molar refractivity (Wildman–Crippen MR) is 26.7 cm³/mol. The Kier molecular flexibility index (Phi) is 6.58. The van der Waals surface area contributed by atoms with E-state index in [-0.39, 0.29) is 22.4 Å². The molecule has 0 amide bonds. The van der Waals surface area contributed by atoms with Gasteiger partial charge in [-0.05, 0) is 6.92 Å². The molecule has 0 aliphatic heterocycles. The van der Waals surface area contributed by atoms with E-state index in [2.05, 4.69) is 4.84 Å². The van der Waals surface area contributed by atoms with Gasteiger partial charge >= 0.3 is 11.1 Å². The largest absolute Gasteiger partial charge is 0.320 e. The van der Waals surface area contributed by atoms with Gasteiger partial charge in [-0.2, -0.15) is 0 Å². The molecule has 0 aliphatic carbocycles. The number of hydrogen-bond donors (Lipinski definition) is 1. The van der Waals surface area contributed by atoms with Crippen LogP contribution >= 0.6 is 0 Å². The first-order valence-corrected chi connectivity index (χ1v) is 2.16. The number of nitrogens with two attached hydrogens (primary N) is 1. The maximum atomic E-state index is 10.2. The molecule has 1 radical (unpaired) electrons. The minimum atomic E-state index is -1.19. The van der Waals surface area contributed by atoms with Crippen LogP contribution in [0.4, 0.5) is 0 Å². The molecule has 0 spiro atoms. The summed E-state index contributed by atoms with van der Waals surface area (Å²) in [5.74, 6) is -1.04. The normalized spacial score (nSPS) is 11.0. The second kappa shape index (κ2) is 5.36. The summed E-state index contributed by atoms with van der Waals surface area (Å²) < 4.78 is 0. The average molecular weight is 242 g/mol. The summed E-state index contributed by atoms with van der Waals surface area (Å²) in [6.45, 7) is 1.30. The molecule has 10 heavy (non-hydrogen) atoms. The van der Waals surface area contributed by atoms with Crippen LogP contribution in [-0.2, 0) is 32.0 Å². The zero-order chi connectivity index (χ0) is 7.44. The molecule has 0 fully saturated rings. The number of rotatable bonds is 2. The van der Waals surface area contributed by atoms with Crippen molar-refractivity contribution in [3.8, 4) is 0 Å². The van der Waals surface area contributed by atoms with Gasteiger partial charge in [0.1, 0.15) is 0 Å². The van der Waals surface area contributed by atoms with E-state index in [1.54, 1.807) is 0 Å². The van der Waals surface area contributed by atoms with Crippen molar-refractivity contribution in [2.24, 2.45) is 5.73 Å². The van der Waals surface area contributed by atoms with Gasteiger partial charge in [0, 0.05) is 22.4 Å².